The minimum atomic E-state index is -0.0232. The fourth-order valence-electron chi connectivity index (χ4n) is 4.43. The van der Waals surface area contributed by atoms with Crippen molar-refractivity contribution >= 4 is 11.8 Å². The molecule has 1 N–H and O–H groups in total. The summed E-state index contributed by atoms with van der Waals surface area (Å²) >= 11 is 0. The summed E-state index contributed by atoms with van der Waals surface area (Å²) in [6.07, 6.45) is 4.82. The third kappa shape index (κ3) is 4.94. The van der Waals surface area contributed by atoms with Crippen LogP contribution in [0.25, 0.3) is 0 Å². The van der Waals surface area contributed by atoms with Crippen LogP contribution in [0.5, 0.6) is 0 Å². The van der Waals surface area contributed by atoms with Crippen LogP contribution in [0.2, 0.25) is 0 Å². The highest BCUT2D eigenvalue weighted by molar-refractivity contribution is 5.81. The summed E-state index contributed by atoms with van der Waals surface area (Å²) in [4.78, 5) is 29.3. The molecule has 3 rings (SSSR count). The summed E-state index contributed by atoms with van der Waals surface area (Å²) in [5.74, 6) is 1.52. The van der Waals surface area contributed by atoms with Crippen LogP contribution < -0.4 is 5.32 Å². The number of nitrogens with one attached hydrogen (secondary N) is 1. The van der Waals surface area contributed by atoms with Gasteiger partial charge in [0.05, 0.1) is 19.1 Å². The molecular weight excluding hydrogens is 318 g/mol. The molecule has 0 aromatic rings. The molecule has 3 aliphatic rings. The number of piperidine rings is 2. The molecule has 2 unspecified atom stereocenters. The van der Waals surface area contributed by atoms with E-state index in [4.69, 9.17) is 4.74 Å². The maximum atomic E-state index is 12.8. The van der Waals surface area contributed by atoms with E-state index in [1.165, 1.54) is 12.8 Å². The molecule has 0 aliphatic carbocycles. The van der Waals surface area contributed by atoms with Gasteiger partial charge in [-0.1, -0.05) is 6.92 Å². The summed E-state index contributed by atoms with van der Waals surface area (Å²) in [5.41, 5.74) is 0. The number of amides is 2. The molecule has 2 atom stereocenters. The lowest BCUT2D eigenvalue weighted by atomic mass is 9.83. The maximum absolute atomic E-state index is 12.8. The molecule has 3 saturated heterocycles. The zero-order valence-corrected chi connectivity index (χ0v) is 15.5. The molecule has 0 radical (unpaired) electrons. The van der Waals surface area contributed by atoms with Gasteiger partial charge >= 0.3 is 0 Å². The van der Waals surface area contributed by atoms with Gasteiger partial charge in [0.2, 0.25) is 11.8 Å². The van der Waals surface area contributed by atoms with Crippen LogP contribution >= 0.6 is 0 Å². The van der Waals surface area contributed by atoms with Crippen molar-refractivity contribution in [1.29, 1.82) is 0 Å². The van der Waals surface area contributed by atoms with E-state index in [1.54, 1.807) is 0 Å². The first kappa shape index (κ1) is 18.6. The fraction of sp³-hybridized carbons (Fsp3) is 0.895. The average Bonchev–Trinajstić information content (AvgIpc) is 2.68. The molecule has 6 heteroatoms. The topological polar surface area (TPSA) is 61.9 Å². The Morgan fingerprint density at radius 1 is 1.08 bits per heavy atom. The van der Waals surface area contributed by atoms with E-state index < -0.39 is 0 Å². The van der Waals surface area contributed by atoms with Crippen LogP contribution in [0.3, 0.4) is 0 Å². The van der Waals surface area contributed by atoms with E-state index in [1.807, 2.05) is 9.80 Å². The molecule has 142 valence electrons. The largest absolute Gasteiger partial charge is 0.378 e. The number of hydrogen-bond acceptors (Lipinski definition) is 4. The monoisotopic (exact) mass is 351 g/mol. The normalized spacial score (nSPS) is 27.2. The first-order chi connectivity index (χ1) is 12.1. The lowest BCUT2D eigenvalue weighted by molar-refractivity contribution is -0.144. The van der Waals surface area contributed by atoms with E-state index in [9.17, 15) is 9.59 Å². The van der Waals surface area contributed by atoms with Gasteiger partial charge in [0.25, 0.3) is 0 Å². The highest BCUT2D eigenvalue weighted by Crippen LogP contribution is 2.26. The molecule has 0 bridgehead atoms. The molecule has 0 spiro atoms. The Balaban J connectivity index is 1.49. The van der Waals surface area contributed by atoms with Crippen molar-refractivity contribution in [3.05, 3.63) is 0 Å². The number of carbonyl (C=O) groups is 2. The minimum absolute atomic E-state index is 0.0232. The van der Waals surface area contributed by atoms with Gasteiger partial charge in [-0.25, -0.2) is 0 Å². The highest BCUT2D eigenvalue weighted by Gasteiger charge is 2.32. The number of ether oxygens (including phenoxy) is 1. The van der Waals surface area contributed by atoms with Crippen molar-refractivity contribution in [2.24, 2.45) is 17.8 Å². The molecule has 3 fully saturated rings. The Bertz CT molecular complexity index is 459. The Hall–Kier alpha value is -1.14. The number of hydrogen-bond donors (Lipinski definition) is 1. The summed E-state index contributed by atoms with van der Waals surface area (Å²) in [6, 6.07) is 0. The summed E-state index contributed by atoms with van der Waals surface area (Å²) in [6.45, 7) is 8.43. The van der Waals surface area contributed by atoms with Crippen molar-refractivity contribution in [2.45, 2.75) is 39.0 Å². The third-order valence-corrected chi connectivity index (χ3v) is 6.13. The summed E-state index contributed by atoms with van der Waals surface area (Å²) in [7, 11) is 0. The van der Waals surface area contributed by atoms with E-state index in [0.717, 1.165) is 32.5 Å². The zero-order chi connectivity index (χ0) is 17.6. The number of carbonyl (C=O) groups excluding carboxylic acids is 2. The third-order valence-electron chi connectivity index (χ3n) is 6.13. The quantitative estimate of drug-likeness (QED) is 0.824. The minimum Gasteiger partial charge on any atom is -0.378 e. The van der Waals surface area contributed by atoms with Crippen LogP contribution in [0.4, 0.5) is 0 Å². The number of morpholine rings is 1. The van der Waals surface area contributed by atoms with Crippen molar-refractivity contribution in [3.8, 4) is 0 Å². The molecule has 0 aromatic heterocycles. The number of rotatable bonds is 4. The summed E-state index contributed by atoms with van der Waals surface area (Å²) < 4.78 is 5.34. The molecule has 6 nitrogen and oxygen atoms in total. The van der Waals surface area contributed by atoms with Gasteiger partial charge < -0.3 is 19.9 Å². The number of likely N-dealkylation sites (tertiary alicyclic amines) is 1. The second-order valence-corrected chi connectivity index (χ2v) is 7.89. The number of nitrogens with zero attached hydrogens (tertiary/aromatic N) is 2. The zero-order valence-electron chi connectivity index (χ0n) is 15.5. The van der Waals surface area contributed by atoms with Crippen LogP contribution in [0.1, 0.15) is 39.0 Å². The van der Waals surface area contributed by atoms with Crippen molar-refractivity contribution in [1.82, 2.24) is 15.1 Å². The Labute approximate surface area is 151 Å². The predicted octanol–water partition coefficient (Wildman–Crippen LogP) is 1.11. The second kappa shape index (κ2) is 8.99. The molecule has 2 amide bonds. The molecule has 25 heavy (non-hydrogen) atoms. The van der Waals surface area contributed by atoms with Crippen LogP contribution in [-0.4, -0.2) is 74.1 Å². The SMILES string of the molecule is CC(CC(=O)N1CCCC(C(=O)N2CCOCC2)C1)C1CCNCC1. The Kier molecular flexibility index (Phi) is 6.70. The Morgan fingerprint density at radius 2 is 1.80 bits per heavy atom. The molecule has 0 saturated carbocycles. The van der Waals surface area contributed by atoms with Gasteiger partial charge in [-0.3, -0.25) is 9.59 Å². The smallest absolute Gasteiger partial charge is 0.227 e. The van der Waals surface area contributed by atoms with Gasteiger partial charge in [0.15, 0.2) is 0 Å². The van der Waals surface area contributed by atoms with Crippen LogP contribution in [0.15, 0.2) is 0 Å². The maximum Gasteiger partial charge on any atom is 0.227 e. The fourth-order valence-corrected chi connectivity index (χ4v) is 4.43. The van der Waals surface area contributed by atoms with E-state index in [2.05, 4.69) is 12.2 Å². The van der Waals surface area contributed by atoms with Crippen molar-refractivity contribution in [3.63, 3.8) is 0 Å². The summed E-state index contributed by atoms with van der Waals surface area (Å²) in [5, 5.41) is 3.39. The van der Waals surface area contributed by atoms with Gasteiger partial charge in [-0.15, -0.1) is 0 Å². The van der Waals surface area contributed by atoms with Gasteiger partial charge in [0.1, 0.15) is 0 Å². The first-order valence-electron chi connectivity index (χ1n) is 10.00. The first-order valence-corrected chi connectivity index (χ1v) is 10.00. The lowest BCUT2D eigenvalue weighted by Gasteiger charge is -2.37. The van der Waals surface area contributed by atoms with Gasteiger partial charge in [-0.05, 0) is 50.6 Å². The van der Waals surface area contributed by atoms with Gasteiger partial charge in [0, 0.05) is 32.6 Å². The molecule has 0 aromatic carbocycles. The molecule has 3 heterocycles. The van der Waals surface area contributed by atoms with E-state index in [-0.39, 0.29) is 17.7 Å². The van der Waals surface area contributed by atoms with Gasteiger partial charge in [-0.2, -0.15) is 0 Å². The van der Waals surface area contributed by atoms with Crippen molar-refractivity contribution in [2.75, 3.05) is 52.5 Å². The van der Waals surface area contributed by atoms with Crippen LogP contribution in [-0.2, 0) is 14.3 Å². The Morgan fingerprint density at radius 3 is 2.52 bits per heavy atom. The van der Waals surface area contributed by atoms with E-state index in [0.29, 0.717) is 51.1 Å². The lowest BCUT2D eigenvalue weighted by Crippen LogP contribution is -2.49. The van der Waals surface area contributed by atoms with E-state index >= 15 is 0 Å². The predicted molar refractivity (Wildman–Crippen MR) is 96.1 cm³/mol. The average molecular weight is 351 g/mol. The standard InChI is InChI=1S/C19H33N3O3/c1-15(16-4-6-20-7-5-16)13-18(23)22-8-2-3-17(14-22)19(24)21-9-11-25-12-10-21/h15-17,20H,2-14H2,1H3. The molecule has 3 aliphatic heterocycles. The molecular formula is C19H33N3O3. The highest BCUT2D eigenvalue weighted by atomic mass is 16.5. The second-order valence-electron chi connectivity index (χ2n) is 7.89. The van der Waals surface area contributed by atoms with Crippen molar-refractivity contribution < 1.29 is 14.3 Å². The van der Waals surface area contributed by atoms with Crippen LogP contribution in [0, 0.1) is 17.8 Å².